The highest BCUT2D eigenvalue weighted by atomic mass is 32.1. The first-order valence-electron chi connectivity index (χ1n) is 8.40. The van der Waals surface area contributed by atoms with Crippen LogP contribution in [0.15, 0.2) is 35.3 Å². The summed E-state index contributed by atoms with van der Waals surface area (Å²) in [6.07, 6.45) is 5.76. The molecule has 0 atom stereocenters. The molecule has 0 fully saturated rings. The Morgan fingerprint density at radius 3 is 3.04 bits per heavy atom. The van der Waals surface area contributed by atoms with E-state index in [-0.39, 0.29) is 18.0 Å². The maximum atomic E-state index is 12.4. The van der Waals surface area contributed by atoms with Crippen LogP contribution in [0.3, 0.4) is 0 Å². The monoisotopic (exact) mass is 354 g/mol. The van der Waals surface area contributed by atoms with Crippen molar-refractivity contribution in [3.8, 4) is 0 Å². The van der Waals surface area contributed by atoms with E-state index in [1.165, 1.54) is 21.7 Å². The number of carbonyl (C=O) groups excluding carboxylic acids is 1. The van der Waals surface area contributed by atoms with Crippen molar-refractivity contribution in [2.24, 2.45) is 0 Å². The molecule has 25 heavy (non-hydrogen) atoms. The number of benzene rings is 1. The third-order valence-corrected chi connectivity index (χ3v) is 5.57. The number of amides is 1. The minimum absolute atomic E-state index is 0.0714. The Hall–Kier alpha value is -2.54. The summed E-state index contributed by atoms with van der Waals surface area (Å²) in [6, 6.07) is 7.24. The van der Waals surface area contributed by atoms with E-state index in [2.05, 4.69) is 15.4 Å². The smallest absolute Gasteiger partial charge is 0.275 e. The van der Waals surface area contributed by atoms with Gasteiger partial charge < -0.3 is 5.32 Å². The van der Waals surface area contributed by atoms with E-state index in [1.807, 2.05) is 12.1 Å². The van der Waals surface area contributed by atoms with Crippen LogP contribution in [-0.2, 0) is 30.6 Å². The molecule has 128 valence electrons. The second kappa shape index (κ2) is 6.76. The molecule has 0 radical (unpaired) electrons. The summed E-state index contributed by atoms with van der Waals surface area (Å²) in [4.78, 5) is 30.5. The average molecular weight is 354 g/mol. The van der Waals surface area contributed by atoms with Gasteiger partial charge in [-0.15, -0.1) is 11.3 Å². The van der Waals surface area contributed by atoms with Gasteiger partial charge in [0, 0.05) is 23.2 Å². The van der Waals surface area contributed by atoms with Gasteiger partial charge in [0.15, 0.2) is 0 Å². The second-order valence-electron chi connectivity index (χ2n) is 6.13. The highest BCUT2D eigenvalue weighted by Crippen LogP contribution is 2.27. The Morgan fingerprint density at radius 1 is 1.28 bits per heavy atom. The number of nitrogens with one attached hydrogen (secondary N) is 1. The molecule has 3 aromatic rings. The fourth-order valence-electron chi connectivity index (χ4n) is 3.09. The number of thiazole rings is 1. The van der Waals surface area contributed by atoms with Gasteiger partial charge in [0.05, 0.1) is 22.3 Å². The maximum Gasteiger partial charge on any atom is 0.275 e. The second-order valence-corrected chi connectivity index (χ2v) is 7.29. The van der Waals surface area contributed by atoms with Crippen molar-refractivity contribution in [3.63, 3.8) is 0 Å². The molecule has 1 amide bonds. The van der Waals surface area contributed by atoms with E-state index < -0.39 is 0 Å². The lowest BCUT2D eigenvalue weighted by atomic mass is 10.2. The van der Waals surface area contributed by atoms with Crippen LogP contribution in [0.5, 0.6) is 0 Å². The molecule has 4 rings (SSSR count). The van der Waals surface area contributed by atoms with Gasteiger partial charge in [-0.25, -0.2) is 9.67 Å². The van der Waals surface area contributed by atoms with Crippen molar-refractivity contribution in [3.05, 3.63) is 56.4 Å². The van der Waals surface area contributed by atoms with Gasteiger partial charge in [-0.3, -0.25) is 9.59 Å². The normalized spacial score (nSPS) is 13.1. The molecule has 0 bridgehead atoms. The number of hydrogen-bond donors (Lipinski definition) is 1. The standard InChI is InChI=1S/C18H18N4O2S/c23-16(19-9-8-17-21-14-6-3-7-15(14)25-17)11-22-18(24)13-5-2-1-4-12(13)10-20-22/h1-2,4-5,10H,3,6-9,11H2,(H,19,23). The Labute approximate surface area is 148 Å². The zero-order valence-corrected chi connectivity index (χ0v) is 14.5. The molecule has 6 nitrogen and oxygen atoms in total. The van der Waals surface area contributed by atoms with E-state index in [0.717, 1.165) is 29.7 Å². The highest BCUT2D eigenvalue weighted by molar-refractivity contribution is 7.11. The van der Waals surface area contributed by atoms with Gasteiger partial charge in [0.25, 0.3) is 5.56 Å². The zero-order chi connectivity index (χ0) is 17.2. The van der Waals surface area contributed by atoms with Gasteiger partial charge >= 0.3 is 0 Å². The molecule has 2 heterocycles. The third kappa shape index (κ3) is 3.32. The summed E-state index contributed by atoms with van der Waals surface area (Å²) >= 11 is 1.75. The summed E-state index contributed by atoms with van der Waals surface area (Å²) in [5.74, 6) is -0.214. The number of fused-ring (bicyclic) bond motifs is 2. The van der Waals surface area contributed by atoms with E-state index in [1.54, 1.807) is 29.7 Å². The Bertz CT molecular complexity index is 971. The summed E-state index contributed by atoms with van der Waals surface area (Å²) in [7, 11) is 0. The average Bonchev–Trinajstić information content (AvgIpc) is 3.19. The van der Waals surface area contributed by atoms with E-state index in [0.29, 0.717) is 11.9 Å². The Balaban J connectivity index is 1.35. The maximum absolute atomic E-state index is 12.4. The van der Waals surface area contributed by atoms with Crippen LogP contribution in [0.25, 0.3) is 10.8 Å². The van der Waals surface area contributed by atoms with Crippen molar-refractivity contribution in [1.82, 2.24) is 20.1 Å². The fraction of sp³-hybridized carbons (Fsp3) is 0.333. The molecule has 1 aliphatic rings. The van der Waals surface area contributed by atoms with Gasteiger partial charge in [0.2, 0.25) is 5.91 Å². The largest absolute Gasteiger partial charge is 0.354 e. The van der Waals surface area contributed by atoms with Crippen molar-refractivity contribution in [2.45, 2.75) is 32.2 Å². The van der Waals surface area contributed by atoms with Crippen LogP contribution in [-0.4, -0.2) is 27.2 Å². The number of aryl methyl sites for hydroxylation is 2. The summed E-state index contributed by atoms with van der Waals surface area (Å²) in [5.41, 5.74) is 0.989. The number of nitrogens with zero attached hydrogens (tertiary/aromatic N) is 3. The molecule has 1 aliphatic carbocycles. The Kier molecular flexibility index (Phi) is 4.31. The molecule has 1 aromatic carbocycles. The molecule has 0 saturated heterocycles. The third-order valence-electron chi connectivity index (χ3n) is 4.36. The molecular weight excluding hydrogens is 336 g/mol. The topological polar surface area (TPSA) is 76.9 Å². The summed E-state index contributed by atoms with van der Waals surface area (Å²) < 4.78 is 1.20. The van der Waals surface area contributed by atoms with E-state index >= 15 is 0 Å². The molecule has 7 heteroatoms. The van der Waals surface area contributed by atoms with Crippen LogP contribution < -0.4 is 10.9 Å². The first-order chi connectivity index (χ1) is 12.2. The van der Waals surface area contributed by atoms with Gasteiger partial charge in [-0.2, -0.15) is 5.10 Å². The van der Waals surface area contributed by atoms with Crippen LogP contribution in [0.2, 0.25) is 0 Å². The lowest BCUT2D eigenvalue weighted by Crippen LogP contribution is -2.34. The van der Waals surface area contributed by atoms with Crippen molar-refractivity contribution in [2.75, 3.05) is 6.54 Å². The molecule has 0 spiro atoms. The minimum atomic E-state index is -0.246. The molecular formula is C18H18N4O2S. The molecule has 0 aliphatic heterocycles. The predicted octanol–water partition coefficient (Wildman–Crippen LogP) is 1.70. The van der Waals surface area contributed by atoms with Gasteiger partial charge in [0.1, 0.15) is 6.54 Å². The SMILES string of the molecule is O=C(Cn1ncc2ccccc2c1=O)NCCc1nc2c(s1)CCC2. The first-order valence-corrected chi connectivity index (χ1v) is 9.21. The van der Waals surface area contributed by atoms with Crippen LogP contribution in [0.1, 0.15) is 22.0 Å². The number of carbonyl (C=O) groups is 1. The Morgan fingerprint density at radius 2 is 2.16 bits per heavy atom. The zero-order valence-electron chi connectivity index (χ0n) is 13.7. The number of rotatable bonds is 5. The van der Waals surface area contributed by atoms with E-state index in [4.69, 9.17) is 0 Å². The lowest BCUT2D eigenvalue weighted by molar-refractivity contribution is -0.121. The van der Waals surface area contributed by atoms with Crippen LogP contribution in [0, 0.1) is 0 Å². The van der Waals surface area contributed by atoms with Gasteiger partial charge in [-0.1, -0.05) is 18.2 Å². The molecule has 1 N–H and O–H groups in total. The van der Waals surface area contributed by atoms with Crippen molar-refractivity contribution < 1.29 is 4.79 Å². The first kappa shape index (κ1) is 16.0. The highest BCUT2D eigenvalue weighted by Gasteiger charge is 2.16. The molecule has 0 unspecified atom stereocenters. The van der Waals surface area contributed by atoms with Crippen molar-refractivity contribution >= 4 is 28.0 Å². The number of aromatic nitrogens is 3. The van der Waals surface area contributed by atoms with E-state index in [9.17, 15) is 9.59 Å². The van der Waals surface area contributed by atoms with Crippen LogP contribution in [0.4, 0.5) is 0 Å². The lowest BCUT2D eigenvalue weighted by Gasteiger charge is -2.07. The van der Waals surface area contributed by atoms with Gasteiger partial charge in [-0.05, 0) is 25.3 Å². The van der Waals surface area contributed by atoms with Crippen molar-refractivity contribution in [1.29, 1.82) is 0 Å². The summed E-state index contributed by atoms with van der Waals surface area (Å²) in [6.45, 7) is 0.450. The summed E-state index contributed by atoms with van der Waals surface area (Å²) in [5, 5.41) is 9.35. The number of hydrogen-bond acceptors (Lipinski definition) is 5. The fourth-order valence-corrected chi connectivity index (χ4v) is 4.25. The quantitative estimate of drug-likeness (QED) is 0.757. The molecule has 0 saturated carbocycles. The predicted molar refractivity (Wildman–Crippen MR) is 96.9 cm³/mol. The van der Waals surface area contributed by atoms with Crippen LogP contribution >= 0.6 is 11.3 Å². The minimum Gasteiger partial charge on any atom is -0.354 e. The molecule has 2 aromatic heterocycles.